The van der Waals surface area contributed by atoms with Gasteiger partial charge < -0.3 is 10.6 Å². The number of hydrogen-bond donors (Lipinski definition) is 2. The van der Waals surface area contributed by atoms with Gasteiger partial charge in [0.05, 0.1) is 5.69 Å². The molecule has 0 unspecified atom stereocenters. The molecule has 4 nitrogen and oxygen atoms in total. The molecular formula is C13H11Br2N3O. The molecule has 0 aliphatic carbocycles. The monoisotopic (exact) mass is 383 g/mol. The molecule has 1 heterocycles. The van der Waals surface area contributed by atoms with Crippen molar-refractivity contribution < 1.29 is 4.79 Å². The summed E-state index contributed by atoms with van der Waals surface area (Å²) in [5.74, 6) is 0. The van der Waals surface area contributed by atoms with E-state index < -0.39 is 0 Å². The predicted octanol–water partition coefficient (Wildman–Crippen LogP) is 3.93. The molecule has 0 atom stereocenters. The summed E-state index contributed by atoms with van der Waals surface area (Å²) in [7, 11) is 0. The summed E-state index contributed by atoms with van der Waals surface area (Å²) in [5.41, 5.74) is 1.71. The summed E-state index contributed by atoms with van der Waals surface area (Å²) in [6.07, 6.45) is 3.39. The summed E-state index contributed by atoms with van der Waals surface area (Å²) in [5, 5.41) is 5.56. The van der Waals surface area contributed by atoms with Crippen molar-refractivity contribution in [1.82, 2.24) is 10.3 Å². The molecule has 2 amide bonds. The molecule has 1 aromatic heterocycles. The van der Waals surface area contributed by atoms with Crippen LogP contribution in [0.3, 0.4) is 0 Å². The zero-order valence-electron chi connectivity index (χ0n) is 9.86. The summed E-state index contributed by atoms with van der Waals surface area (Å²) in [6, 6.07) is 9.04. The van der Waals surface area contributed by atoms with Gasteiger partial charge in [-0.1, -0.05) is 15.9 Å². The summed E-state index contributed by atoms with van der Waals surface area (Å²) in [4.78, 5) is 15.7. The Morgan fingerprint density at radius 3 is 2.63 bits per heavy atom. The van der Waals surface area contributed by atoms with E-state index >= 15 is 0 Å². The van der Waals surface area contributed by atoms with E-state index in [0.717, 1.165) is 14.5 Å². The van der Waals surface area contributed by atoms with Gasteiger partial charge in [0.2, 0.25) is 0 Å². The van der Waals surface area contributed by atoms with Crippen LogP contribution in [0.4, 0.5) is 10.5 Å². The number of anilines is 1. The molecule has 2 N–H and O–H groups in total. The van der Waals surface area contributed by atoms with Crippen LogP contribution in [-0.2, 0) is 6.54 Å². The Bertz CT molecular complexity index is 575. The van der Waals surface area contributed by atoms with Crippen LogP contribution in [0.5, 0.6) is 0 Å². The second kappa shape index (κ2) is 6.68. The Hall–Kier alpha value is -1.40. The van der Waals surface area contributed by atoms with Gasteiger partial charge in [0.1, 0.15) is 0 Å². The quantitative estimate of drug-likeness (QED) is 0.842. The maximum atomic E-state index is 11.8. The first-order valence-electron chi connectivity index (χ1n) is 5.54. The molecule has 0 spiro atoms. The van der Waals surface area contributed by atoms with Crippen molar-refractivity contribution in [2.45, 2.75) is 6.54 Å². The van der Waals surface area contributed by atoms with Crippen LogP contribution in [0.1, 0.15) is 5.56 Å². The number of carbonyl (C=O) groups excluding carboxylic acids is 1. The summed E-state index contributed by atoms with van der Waals surface area (Å²) >= 11 is 6.75. The van der Waals surface area contributed by atoms with Gasteiger partial charge in [0, 0.05) is 27.9 Å². The minimum atomic E-state index is -0.254. The number of amides is 2. The molecule has 0 saturated heterocycles. The van der Waals surface area contributed by atoms with Gasteiger partial charge in [-0.15, -0.1) is 0 Å². The van der Waals surface area contributed by atoms with Crippen molar-refractivity contribution in [2.75, 3.05) is 5.32 Å². The SMILES string of the molecule is O=C(NCc1ccncc1)Nc1cc(Br)ccc1Br. The maximum absolute atomic E-state index is 11.8. The molecule has 2 aromatic rings. The fourth-order valence-electron chi connectivity index (χ4n) is 1.44. The van der Waals surface area contributed by atoms with Crippen molar-refractivity contribution in [3.63, 3.8) is 0 Å². The first kappa shape index (κ1) is 14.0. The molecule has 0 bridgehead atoms. The molecule has 98 valence electrons. The third kappa shape index (κ3) is 4.33. The molecule has 19 heavy (non-hydrogen) atoms. The lowest BCUT2D eigenvalue weighted by Gasteiger charge is -2.09. The second-order valence-electron chi connectivity index (χ2n) is 3.79. The third-order valence-corrected chi connectivity index (χ3v) is 3.56. The summed E-state index contributed by atoms with van der Waals surface area (Å²) in [6.45, 7) is 0.458. The average molecular weight is 385 g/mol. The first-order valence-corrected chi connectivity index (χ1v) is 7.12. The topological polar surface area (TPSA) is 54.0 Å². The van der Waals surface area contributed by atoms with Crippen LogP contribution in [0.2, 0.25) is 0 Å². The number of pyridine rings is 1. The molecule has 0 aliphatic heterocycles. The van der Waals surface area contributed by atoms with Gasteiger partial charge in [0.25, 0.3) is 0 Å². The molecule has 6 heteroatoms. The molecule has 0 aliphatic rings. The Labute approximate surface area is 127 Å². The van der Waals surface area contributed by atoms with Gasteiger partial charge in [0.15, 0.2) is 0 Å². The van der Waals surface area contributed by atoms with Gasteiger partial charge in [-0.25, -0.2) is 4.79 Å². The van der Waals surface area contributed by atoms with E-state index in [0.29, 0.717) is 12.2 Å². The number of urea groups is 1. The number of nitrogens with one attached hydrogen (secondary N) is 2. The normalized spacial score (nSPS) is 10.0. The number of rotatable bonds is 3. The van der Waals surface area contributed by atoms with E-state index in [-0.39, 0.29) is 6.03 Å². The van der Waals surface area contributed by atoms with Gasteiger partial charge >= 0.3 is 6.03 Å². The van der Waals surface area contributed by atoms with Crippen LogP contribution in [0.15, 0.2) is 51.7 Å². The van der Waals surface area contributed by atoms with E-state index in [1.807, 2.05) is 30.3 Å². The number of benzene rings is 1. The fourth-order valence-corrected chi connectivity index (χ4v) is 2.15. The van der Waals surface area contributed by atoms with Crippen LogP contribution >= 0.6 is 31.9 Å². The standard InChI is InChI=1S/C13H11Br2N3O/c14-10-1-2-11(15)12(7-10)18-13(19)17-8-9-3-5-16-6-4-9/h1-7H,8H2,(H2,17,18,19). The van der Waals surface area contributed by atoms with Crippen molar-refractivity contribution in [3.8, 4) is 0 Å². The highest BCUT2D eigenvalue weighted by molar-refractivity contribution is 9.11. The Kier molecular flexibility index (Phi) is 4.93. The van der Waals surface area contributed by atoms with Gasteiger partial charge in [-0.2, -0.15) is 0 Å². The Morgan fingerprint density at radius 1 is 1.16 bits per heavy atom. The minimum Gasteiger partial charge on any atom is -0.334 e. The van der Waals surface area contributed by atoms with E-state index in [2.05, 4.69) is 47.5 Å². The highest BCUT2D eigenvalue weighted by atomic mass is 79.9. The van der Waals surface area contributed by atoms with E-state index in [4.69, 9.17) is 0 Å². The third-order valence-electron chi connectivity index (χ3n) is 2.38. The van der Waals surface area contributed by atoms with E-state index in [9.17, 15) is 4.79 Å². The van der Waals surface area contributed by atoms with Crippen molar-refractivity contribution >= 4 is 43.6 Å². The lowest BCUT2D eigenvalue weighted by molar-refractivity contribution is 0.251. The van der Waals surface area contributed by atoms with Crippen LogP contribution in [0.25, 0.3) is 0 Å². The van der Waals surface area contributed by atoms with Crippen molar-refractivity contribution in [3.05, 3.63) is 57.2 Å². The minimum absolute atomic E-state index is 0.254. The Balaban J connectivity index is 1.93. The second-order valence-corrected chi connectivity index (χ2v) is 5.56. The first-order chi connectivity index (χ1) is 9.15. The van der Waals surface area contributed by atoms with Crippen LogP contribution < -0.4 is 10.6 Å². The molecule has 0 saturated carbocycles. The number of nitrogens with zero attached hydrogens (tertiary/aromatic N) is 1. The smallest absolute Gasteiger partial charge is 0.319 e. The lowest BCUT2D eigenvalue weighted by atomic mass is 10.3. The predicted molar refractivity (Wildman–Crippen MR) is 81.9 cm³/mol. The zero-order valence-corrected chi connectivity index (χ0v) is 13.0. The highest BCUT2D eigenvalue weighted by Crippen LogP contribution is 2.25. The maximum Gasteiger partial charge on any atom is 0.319 e. The van der Waals surface area contributed by atoms with E-state index in [1.165, 1.54) is 0 Å². The molecular weight excluding hydrogens is 374 g/mol. The summed E-state index contributed by atoms with van der Waals surface area (Å²) < 4.78 is 1.73. The average Bonchev–Trinajstić information content (AvgIpc) is 2.42. The van der Waals surface area contributed by atoms with Crippen LogP contribution in [-0.4, -0.2) is 11.0 Å². The van der Waals surface area contributed by atoms with Crippen molar-refractivity contribution in [2.24, 2.45) is 0 Å². The highest BCUT2D eigenvalue weighted by Gasteiger charge is 2.05. The van der Waals surface area contributed by atoms with Crippen molar-refractivity contribution in [1.29, 1.82) is 0 Å². The lowest BCUT2D eigenvalue weighted by Crippen LogP contribution is -2.28. The largest absolute Gasteiger partial charge is 0.334 e. The van der Waals surface area contributed by atoms with Gasteiger partial charge in [-0.3, -0.25) is 4.98 Å². The zero-order chi connectivity index (χ0) is 13.7. The molecule has 2 rings (SSSR count). The van der Waals surface area contributed by atoms with Gasteiger partial charge in [-0.05, 0) is 51.8 Å². The fraction of sp³-hybridized carbons (Fsp3) is 0.0769. The number of aromatic nitrogens is 1. The Morgan fingerprint density at radius 2 is 1.89 bits per heavy atom. The number of hydrogen-bond acceptors (Lipinski definition) is 2. The molecule has 1 aromatic carbocycles. The molecule has 0 fully saturated rings. The van der Waals surface area contributed by atoms with Crippen LogP contribution in [0, 0.1) is 0 Å². The number of halogens is 2. The number of carbonyl (C=O) groups is 1. The van der Waals surface area contributed by atoms with E-state index in [1.54, 1.807) is 12.4 Å². The molecule has 0 radical (unpaired) electrons.